The van der Waals surface area contributed by atoms with Crippen molar-refractivity contribution in [3.63, 3.8) is 0 Å². The molecule has 146 valence electrons. The largest absolute Gasteiger partial charge is 0.388 e. The molecule has 3 aliphatic carbocycles. The van der Waals surface area contributed by atoms with Crippen LogP contribution >= 0.6 is 0 Å². The molecule has 0 aliphatic heterocycles. The van der Waals surface area contributed by atoms with Gasteiger partial charge in [0.25, 0.3) is 0 Å². The normalized spacial score (nSPS) is 40.0. The van der Waals surface area contributed by atoms with E-state index in [4.69, 9.17) is 0 Å². The summed E-state index contributed by atoms with van der Waals surface area (Å²) in [6, 6.07) is 0. The van der Waals surface area contributed by atoms with Crippen molar-refractivity contribution in [2.45, 2.75) is 91.3 Å². The standard InChI is InChI=1S/C24H38O2/c1-6-23(3,4)22-12-11-19-18(8-7-13-24(19,22)5)10-9-17-14-20(25)16(2)21(26)15-17/h9-10,19-22,25-26H,2,6-8,11-15H2,1,3-5H3/t19-,20+,21+,22+,24-/m0/s1. The molecule has 0 spiro atoms. The molecule has 0 unspecified atom stereocenters. The Labute approximate surface area is 160 Å². The molecule has 0 aromatic heterocycles. The fourth-order valence-corrected chi connectivity index (χ4v) is 6.20. The maximum absolute atomic E-state index is 10.1. The summed E-state index contributed by atoms with van der Waals surface area (Å²) < 4.78 is 0. The summed E-state index contributed by atoms with van der Waals surface area (Å²) in [6.45, 7) is 13.6. The number of hydrogen-bond donors (Lipinski definition) is 2. The second-order valence-electron chi connectivity index (χ2n) is 9.97. The van der Waals surface area contributed by atoms with Gasteiger partial charge >= 0.3 is 0 Å². The minimum Gasteiger partial charge on any atom is -0.388 e. The number of hydrogen-bond acceptors (Lipinski definition) is 2. The highest BCUT2D eigenvalue weighted by atomic mass is 16.3. The predicted molar refractivity (Wildman–Crippen MR) is 109 cm³/mol. The Morgan fingerprint density at radius 2 is 1.81 bits per heavy atom. The summed E-state index contributed by atoms with van der Waals surface area (Å²) in [6.07, 6.45) is 12.4. The Hall–Kier alpha value is -0.860. The molecule has 2 N–H and O–H groups in total. The van der Waals surface area contributed by atoms with E-state index >= 15 is 0 Å². The number of allylic oxidation sites excluding steroid dienone is 3. The SMILES string of the molecule is C=C1[C@H](O)CC(=CC=C2CCC[C@]3(C)[C@@H](C(C)(C)CC)CC[C@@H]23)C[C@H]1O. The first-order valence-electron chi connectivity index (χ1n) is 10.6. The Bertz CT molecular complexity index is 596. The van der Waals surface area contributed by atoms with Crippen LogP contribution in [0.15, 0.2) is 35.5 Å². The highest BCUT2D eigenvalue weighted by Crippen LogP contribution is 2.62. The third-order valence-electron chi connectivity index (χ3n) is 8.12. The van der Waals surface area contributed by atoms with Crippen LogP contribution in [0.25, 0.3) is 0 Å². The zero-order chi connectivity index (χ0) is 19.1. The Kier molecular flexibility index (Phi) is 5.57. The highest BCUT2D eigenvalue weighted by molar-refractivity contribution is 5.29. The van der Waals surface area contributed by atoms with Crippen LogP contribution in [-0.4, -0.2) is 22.4 Å². The predicted octanol–water partition coefficient (Wildman–Crippen LogP) is 5.56. The lowest BCUT2D eigenvalue weighted by Gasteiger charge is -2.48. The van der Waals surface area contributed by atoms with Crippen LogP contribution in [0.2, 0.25) is 0 Å². The van der Waals surface area contributed by atoms with E-state index in [1.54, 1.807) is 5.57 Å². The fraction of sp³-hybridized carbons (Fsp3) is 0.750. The van der Waals surface area contributed by atoms with Crippen molar-refractivity contribution in [1.82, 2.24) is 0 Å². The molecule has 0 saturated heterocycles. The molecule has 26 heavy (non-hydrogen) atoms. The van der Waals surface area contributed by atoms with Crippen LogP contribution in [0.5, 0.6) is 0 Å². The van der Waals surface area contributed by atoms with Crippen LogP contribution < -0.4 is 0 Å². The zero-order valence-corrected chi connectivity index (χ0v) is 17.2. The molecule has 0 aromatic rings. The Balaban J connectivity index is 1.81. The van der Waals surface area contributed by atoms with E-state index < -0.39 is 12.2 Å². The smallest absolute Gasteiger partial charge is 0.0809 e. The lowest BCUT2D eigenvalue weighted by Crippen LogP contribution is -2.39. The van der Waals surface area contributed by atoms with Crippen LogP contribution in [0.1, 0.15) is 79.1 Å². The number of aliphatic hydroxyl groups excluding tert-OH is 2. The van der Waals surface area contributed by atoms with Crippen molar-refractivity contribution >= 4 is 0 Å². The summed E-state index contributed by atoms with van der Waals surface area (Å²) in [5.41, 5.74) is 4.18. The van der Waals surface area contributed by atoms with Crippen molar-refractivity contribution in [2.24, 2.45) is 22.7 Å². The minimum absolute atomic E-state index is 0.419. The molecule has 2 heteroatoms. The lowest BCUT2D eigenvalue weighted by atomic mass is 9.57. The second-order valence-corrected chi connectivity index (χ2v) is 9.97. The molecule has 2 nitrogen and oxygen atoms in total. The van der Waals surface area contributed by atoms with E-state index in [9.17, 15) is 10.2 Å². The average molecular weight is 359 g/mol. The van der Waals surface area contributed by atoms with Crippen LogP contribution in [0.3, 0.4) is 0 Å². The maximum Gasteiger partial charge on any atom is 0.0809 e. The fourth-order valence-electron chi connectivity index (χ4n) is 6.20. The van der Waals surface area contributed by atoms with Gasteiger partial charge < -0.3 is 10.2 Å². The third-order valence-corrected chi connectivity index (χ3v) is 8.12. The molecule has 0 aromatic carbocycles. The van der Waals surface area contributed by atoms with Gasteiger partial charge in [-0.05, 0) is 73.2 Å². The molecular weight excluding hydrogens is 320 g/mol. The molecule has 3 aliphatic rings. The van der Waals surface area contributed by atoms with Gasteiger partial charge in [0.15, 0.2) is 0 Å². The van der Waals surface area contributed by atoms with Gasteiger partial charge in [-0.15, -0.1) is 0 Å². The minimum atomic E-state index is -0.596. The Morgan fingerprint density at radius 1 is 1.15 bits per heavy atom. The quantitative estimate of drug-likeness (QED) is 0.648. The van der Waals surface area contributed by atoms with Gasteiger partial charge in [0, 0.05) is 0 Å². The molecule has 0 radical (unpaired) electrons. The molecule has 3 fully saturated rings. The zero-order valence-electron chi connectivity index (χ0n) is 17.2. The van der Waals surface area contributed by atoms with Gasteiger partial charge in [-0.2, -0.15) is 0 Å². The van der Waals surface area contributed by atoms with E-state index in [-0.39, 0.29) is 0 Å². The maximum atomic E-state index is 10.1. The molecule has 3 saturated carbocycles. The van der Waals surface area contributed by atoms with Gasteiger partial charge in [0.05, 0.1) is 12.2 Å². The van der Waals surface area contributed by atoms with Gasteiger partial charge in [0.1, 0.15) is 0 Å². The van der Waals surface area contributed by atoms with Crippen LogP contribution in [0.4, 0.5) is 0 Å². The third kappa shape index (κ3) is 3.47. The number of aliphatic hydroxyl groups is 2. The summed E-state index contributed by atoms with van der Waals surface area (Å²) in [7, 11) is 0. The summed E-state index contributed by atoms with van der Waals surface area (Å²) in [5, 5.41) is 20.2. The van der Waals surface area contributed by atoms with Gasteiger partial charge in [-0.3, -0.25) is 0 Å². The van der Waals surface area contributed by atoms with Crippen molar-refractivity contribution in [1.29, 1.82) is 0 Å². The van der Waals surface area contributed by atoms with Gasteiger partial charge in [-0.25, -0.2) is 0 Å². The van der Waals surface area contributed by atoms with E-state index in [1.165, 1.54) is 38.5 Å². The Morgan fingerprint density at radius 3 is 2.42 bits per heavy atom. The van der Waals surface area contributed by atoms with Crippen molar-refractivity contribution in [3.05, 3.63) is 35.5 Å². The number of fused-ring (bicyclic) bond motifs is 1. The van der Waals surface area contributed by atoms with Crippen molar-refractivity contribution < 1.29 is 10.2 Å². The molecular formula is C24H38O2. The first-order valence-corrected chi connectivity index (χ1v) is 10.6. The first-order chi connectivity index (χ1) is 12.2. The van der Waals surface area contributed by atoms with Crippen molar-refractivity contribution in [2.75, 3.05) is 0 Å². The topological polar surface area (TPSA) is 40.5 Å². The summed E-state index contributed by atoms with van der Waals surface area (Å²) in [5.74, 6) is 1.51. The second kappa shape index (κ2) is 7.28. The molecule has 3 rings (SSSR count). The monoisotopic (exact) mass is 358 g/mol. The molecule has 5 atom stereocenters. The number of rotatable bonds is 3. The first kappa shape index (κ1) is 19.9. The van der Waals surface area contributed by atoms with E-state index in [1.807, 2.05) is 0 Å². The summed E-state index contributed by atoms with van der Waals surface area (Å²) >= 11 is 0. The average Bonchev–Trinajstić information content (AvgIpc) is 2.96. The molecule has 0 heterocycles. The van der Waals surface area contributed by atoms with Crippen LogP contribution in [-0.2, 0) is 0 Å². The van der Waals surface area contributed by atoms with Crippen molar-refractivity contribution in [3.8, 4) is 0 Å². The highest BCUT2D eigenvalue weighted by Gasteiger charge is 2.53. The van der Waals surface area contributed by atoms with E-state index in [2.05, 4.69) is 46.4 Å². The summed E-state index contributed by atoms with van der Waals surface area (Å²) in [4.78, 5) is 0. The molecule has 0 bridgehead atoms. The van der Waals surface area contributed by atoms with Crippen LogP contribution in [0, 0.1) is 22.7 Å². The van der Waals surface area contributed by atoms with E-state index in [0.717, 1.165) is 11.5 Å². The van der Waals surface area contributed by atoms with Gasteiger partial charge in [-0.1, -0.05) is 64.0 Å². The van der Waals surface area contributed by atoms with Gasteiger partial charge in [0.2, 0.25) is 0 Å². The molecule has 0 amide bonds. The van der Waals surface area contributed by atoms with E-state index in [0.29, 0.717) is 35.2 Å². The lowest BCUT2D eigenvalue weighted by molar-refractivity contribution is 0.0435.